The molecule has 1 aromatic heterocycles. The second-order valence-corrected chi connectivity index (χ2v) is 12.2. The molecule has 9 rings (SSSR count). The second-order valence-electron chi connectivity index (χ2n) is 12.2. The van der Waals surface area contributed by atoms with E-state index in [0.717, 1.165) is 17.1 Å². The van der Waals surface area contributed by atoms with E-state index in [9.17, 15) is 0 Å². The number of para-hydroxylation sites is 3. The van der Waals surface area contributed by atoms with Crippen LogP contribution in [0.1, 0.15) is 0 Å². The molecule has 48 heavy (non-hydrogen) atoms. The largest absolute Gasteiger partial charge is 0.310 e. The second kappa shape index (κ2) is 11.8. The van der Waals surface area contributed by atoms with Crippen molar-refractivity contribution in [2.45, 2.75) is 0 Å². The van der Waals surface area contributed by atoms with Crippen LogP contribution in [0.4, 0.5) is 17.1 Å². The molecule has 9 aromatic rings. The SMILES string of the molecule is c1ccc(N(c2cccc(-c3cccc(-c4cccc5c4c4ccccc4n5-c4ccccc4)c3)c2)c2ccc3ccccc3c2)cc1. The van der Waals surface area contributed by atoms with E-state index < -0.39 is 0 Å². The number of hydrogen-bond acceptors (Lipinski definition) is 1. The molecule has 0 radical (unpaired) electrons. The van der Waals surface area contributed by atoms with Crippen LogP contribution < -0.4 is 4.90 Å². The van der Waals surface area contributed by atoms with E-state index >= 15 is 0 Å². The highest BCUT2D eigenvalue weighted by atomic mass is 15.1. The number of anilines is 3. The van der Waals surface area contributed by atoms with Crippen LogP contribution >= 0.6 is 0 Å². The van der Waals surface area contributed by atoms with Crippen molar-refractivity contribution in [2.75, 3.05) is 4.90 Å². The van der Waals surface area contributed by atoms with Crippen molar-refractivity contribution in [2.24, 2.45) is 0 Å². The van der Waals surface area contributed by atoms with Crippen LogP contribution in [0.15, 0.2) is 194 Å². The van der Waals surface area contributed by atoms with E-state index in [-0.39, 0.29) is 0 Å². The summed E-state index contributed by atoms with van der Waals surface area (Å²) in [5.74, 6) is 0. The fourth-order valence-corrected chi connectivity index (χ4v) is 7.15. The molecule has 2 nitrogen and oxygen atoms in total. The Morgan fingerprint density at radius 1 is 0.354 bits per heavy atom. The summed E-state index contributed by atoms with van der Waals surface area (Å²) in [6, 6.07) is 69.9. The zero-order valence-electron chi connectivity index (χ0n) is 26.4. The highest BCUT2D eigenvalue weighted by Crippen LogP contribution is 2.41. The summed E-state index contributed by atoms with van der Waals surface area (Å²) in [6.07, 6.45) is 0. The number of rotatable bonds is 6. The highest BCUT2D eigenvalue weighted by molar-refractivity contribution is 6.15. The van der Waals surface area contributed by atoms with Crippen LogP contribution in [0.3, 0.4) is 0 Å². The van der Waals surface area contributed by atoms with Gasteiger partial charge in [-0.15, -0.1) is 0 Å². The maximum atomic E-state index is 2.38. The van der Waals surface area contributed by atoms with Gasteiger partial charge >= 0.3 is 0 Å². The van der Waals surface area contributed by atoms with E-state index in [0.29, 0.717) is 0 Å². The van der Waals surface area contributed by atoms with Crippen LogP contribution in [0.5, 0.6) is 0 Å². The van der Waals surface area contributed by atoms with Crippen molar-refractivity contribution in [1.82, 2.24) is 4.57 Å². The minimum absolute atomic E-state index is 1.12. The molecule has 8 aromatic carbocycles. The van der Waals surface area contributed by atoms with Gasteiger partial charge in [-0.05, 0) is 99.8 Å². The van der Waals surface area contributed by atoms with Gasteiger partial charge in [0, 0.05) is 33.5 Å². The van der Waals surface area contributed by atoms with Crippen LogP contribution in [-0.2, 0) is 0 Å². The Morgan fingerprint density at radius 2 is 0.958 bits per heavy atom. The molecule has 1 heterocycles. The van der Waals surface area contributed by atoms with Gasteiger partial charge in [-0.2, -0.15) is 0 Å². The maximum absolute atomic E-state index is 2.38. The predicted octanol–water partition coefficient (Wildman–Crippen LogP) is 12.7. The number of aromatic nitrogens is 1. The molecule has 0 N–H and O–H groups in total. The third-order valence-electron chi connectivity index (χ3n) is 9.33. The summed E-state index contributed by atoms with van der Waals surface area (Å²) in [7, 11) is 0. The van der Waals surface area contributed by atoms with Gasteiger partial charge in [0.1, 0.15) is 0 Å². The Morgan fingerprint density at radius 3 is 1.81 bits per heavy atom. The van der Waals surface area contributed by atoms with Gasteiger partial charge in [-0.1, -0.05) is 127 Å². The van der Waals surface area contributed by atoms with Gasteiger partial charge in [-0.3, -0.25) is 0 Å². The first-order valence-electron chi connectivity index (χ1n) is 16.4. The lowest BCUT2D eigenvalue weighted by molar-refractivity contribution is 1.18. The Kier molecular flexibility index (Phi) is 6.84. The van der Waals surface area contributed by atoms with Crippen LogP contribution in [0, 0.1) is 0 Å². The number of fused-ring (bicyclic) bond motifs is 4. The zero-order valence-corrected chi connectivity index (χ0v) is 26.4. The van der Waals surface area contributed by atoms with E-state index in [1.807, 2.05) is 0 Å². The molecule has 0 atom stereocenters. The summed E-state index contributed by atoms with van der Waals surface area (Å²) < 4.78 is 2.38. The molecule has 0 aliphatic rings. The number of hydrogen-bond donors (Lipinski definition) is 0. The van der Waals surface area contributed by atoms with Gasteiger partial charge < -0.3 is 9.47 Å². The molecule has 0 unspecified atom stereocenters. The summed E-state index contributed by atoms with van der Waals surface area (Å²) in [6.45, 7) is 0. The Bertz CT molecular complexity index is 2560. The summed E-state index contributed by atoms with van der Waals surface area (Å²) in [4.78, 5) is 2.35. The molecule has 0 amide bonds. The fraction of sp³-hybridized carbons (Fsp3) is 0. The molecule has 0 saturated carbocycles. The van der Waals surface area contributed by atoms with Crippen molar-refractivity contribution in [3.8, 4) is 27.9 Å². The first-order chi connectivity index (χ1) is 23.8. The lowest BCUT2D eigenvalue weighted by atomic mass is 9.95. The Labute approximate surface area is 280 Å². The molecule has 0 aliphatic carbocycles. The van der Waals surface area contributed by atoms with E-state index in [1.165, 1.54) is 60.5 Å². The first-order valence-corrected chi connectivity index (χ1v) is 16.4. The third kappa shape index (κ3) is 4.83. The monoisotopic (exact) mass is 612 g/mol. The Hall–Kier alpha value is -6.38. The molecule has 226 valence electrons. The molecular weight excluding hydrogens is 581 g/mol. The van der Waals surface area contributed by atoms with Crippen molar-refractivity contribution >= 4 is 49.6 Å². The van der Waals surface area contributed by atoms with E-state index in [2.05, 4.69) is 204 Å². The van der Waals surface area contributed by atoms with Gasteiger partial charge in [0.2, 0.25) is 0 Å². The average molecular weight is 613 g/mol. The quantitative estimate of drug-likeness (QED) is 0.181. The summed E-state index contributed by atoms with van der Waals surface area (Å²) >= 11 is 0. The van der Waals surface area contributed by atoms with Crippen molar-refractivity contribution in [3.63, 3.8) is 0 Å². The number of nitrogens with zero attached hydrogens (tertiary/aromatic N) is 2. The van der Waals surface area contributed by atoms with Crippen LogP contribution in [0.2, 0.25) is 0 Å². The predicted molar refractivity (Wildman–Crippen MR) is 204 cm³/mol. The first kappa shape index (κ1) is 27.9. The molecule has 0 bridgehead atoms. The molecule has 0 fully saturated rings. The van der Waals surface area contributed by atoms with Crippen LogP contribution in [0.25, 0.3) is 60.5 Å². The van der Waals surface area contributed by atoms with Crippen molar-refractivity contribution in [3.05, 3.63) is 194 Å². The van der Waals surface area contributed by atoms with Crippen LogP contribution in [-0.4, -0.2) is 4.57 Å². The summed E-state index contributed by atoms with van der Waals surface area (Å²) in [5.41, 5.74) is 11.8. The lowest BCUT2D eigenvalue weighted by Crippen LogP contribution is -2.09. The minimum Gasteiger partial charge on any atom is -0.310 e. The van der Waals surface area contributed by atoms with E-state index in [1.54, 1.807) is 0 Å². The van der Waals surface area contributed by atoms with Gasteiger partial charge in [0.05, 0.1) is 11.0 Å². The fourth-order valence-electron chi connectivity index (χ4n) is 7.15. The van der Waals surface area contributed by atoms with E-state index in [4.69, 9.17) is 0 Å². The van der Waals surface area contributed by atoms with Crippen molar-refractivity contribution in [1.29, 1.82) is 0 Å². The summed E-state index contributed by atoms with van der Waals surface area (Å²) in [5, 5.41) is 4.99. The zero-order chi connectivity index (χ0) is 31.9. The molecule has 0 spiro atoms. The average Bonchev–Trinajstić information content (AvgIpc) is 3.50. The molecule has 0 aliphatic heterocycles. The molecular formula is C46H32N2. The van der Waals surface area contributed by atoms with Gasteiger partial charge in [0.25, 0.3) is 0 Å². The molecule has 2 heteroatoms. The highest BCUT2D eigenvalue weighted by Gasteiger charge is 2.17. The standard InChI is InChI=1S/C46H32N2/c1-3-19-38(20-4-1)47(41-29-28-33-14-7-8-15-35(33)31-41)40-23-12-17-36(32-40)34-16-11-18-37(30-34)42-25-13-27-45-46(42)43-24-9-10-26-44(43)48(45)39-21-5-2-6-22-39/h1-32H. The van der Waals surface area contributed by atoms with Gasteiger partial charge in [-0.25, -0.2) is 0 Å². The minimum atomic E-state index is 1.12. The lowest BCUT2D eigenvalue weighted by Gasteiger charge is -2.26. The van der Waals surface area contributed by atoms with Crippen molar-refractivity contribution < 1.29 is 0 Å². The normalized spacial score (nSPS) is 11.3. The van der Waals surface area contributed by atoms with Gasteiger partial charge in [0.15, 0.2) is 0 Å². The third-order valence-corrected chi connectivity index (χ3v) is 9.33. The smallest absolute Gasteiger partial charge is 0.0547 e. The number of benzene rings is 8. The molecule has 0 saturated heterocycles. The topological polar surface area (TPSA) is 8.17 Å². The maximum Gasteiger partial charge on any atom is 0.0547 e. The Balaban J connectivity index is 1.17.